The Hall–Kier alpha value is -1.02. The molecule has 0 spiro atoms. The lowest BCUT2D eigenvalue weighted by Crippen LogP contribution is -2.20. The van der Waals surface area contributed by atoms with E-state index in [1.807, 2.05) is 0 Å². The Kier molecular flexibility index (Phi) is 4.19. The third-order valence-corrected chi connectivity index (χ3v) is 4.10. The molecule has 2 nitrogen and oxygen atoms in total. The number of nitrogens with zero attached hydrogens (tertiary/aromatic N) is 2. The number of alkyl halides is 1. The summed E-state index contributed by atoms with van der Waals surface area (Å²) in [5.74, 6) is 1.73. The predicted molar refractivity (Wildman–Crippen MR) is 83.0 cm³/mol. The van der Waals surface area contributed by atoms with E-state index < -0.39 is 0 Å². The number of aryl methyl sites for hydroxylation is 2. The van der Waals surface area contributed by atoms with Crippen LogP contribution in [0, 0.1) is 12.3 Å². The molecule has 0 amide bonds. The van der Waals surface area contributed by atoms with E-state index in [1.165, 1.54) is 11.1 Å². The molecular formula is C16H23ClN2. The molecule has 0 radical (unpaired) electrons. The highest BCUT2D eigenvalue weighted by atomic mass is 35.5. The number of para-hydroxylation sites is 1. The van der Waals surface area contributed by atoms with Gasteiger partial charge in [0.2, 0.25) is 0 Å². The van der Waals surface area contributed by atoms with Crippen LogP contribution < -0.4 is 0 Å². The van der Waals surface area contributed by atoms with Gasteiger partial charge in [-0.15, -0.1) is 11.6 Å². The maximum absolute atomic E-state index is 5.93. The topological polar surface area (TPSA) is 17.8 Å². The Morgan fingerprint density at radius 2 is 2.05 bits per heavy atom. The van der Waals surface area contributed by atoms with Crippen molar-refractivity contribution < 1.29 is 0 Å². The highest BCUT2D eigenvalue weighted by molar-refractivity contribution is 6.17. The van der Waals surface area contributed by atoms with Gasteiger partial charge in [0, 0.05) is 18.8 Å². The van der Waals surface area contributed by atoms with Gasteiger partial charge in [0.1, 0.15) is 5.82 Å². The van der Waals surface area contributed by atoms with Gasteiger partial charge >= 0.3 is 0 Å². The van der Waals surface area contributed by atoms with Crippen LogP contribution in [0.2, 0.25) is 0 Å². The molecule has 0 saturated heterocycles. The first-order chi connectivity index (χ1) is 8.98. The molecule has 0 aliphatic rings. The predicted octanol–water partition coefficient (Wildman–Crippen LogP) is 4.56. The van der Waals surface area contributed by atoms with Crippen LogP contribution in [0.15, 0.2) is 18.2 Å². The van der Waals surface area contributed by atoms with Crippen LogP contribution in [0.25, 0.3) is 11.0 Å². The highest BCUT2D eigenvalue weighted by Crippen LogP contribution is 2.28. The van der Waals surface area contributed by atoms with Gasteiger partial charge in [-0.05, 0) is 30.4 Å². The Balaban J connectivity index is 2.57. The minimum Gasteiger partial charge on any atom is -0.327 e. The summed E-state index contributed by atoms with van der Waals surface area (Å²) in [4.78, 5) is 4.76. The van der Waals surface area contributed by atoms with Crippen molar-refractivity contribution in [2.24, 2.45) is 5.41 Å². The lowest BCUT2D eigenvalue weighted by Gasteiger charge is -2.25. The van der Waals surface area contributed by atoms with Crippen LogP contribution >= 0.6 is 11.6 Å². The minimum absolute atomic E-state index is 0.275. The van der Waals surface area contributed by atoms with Crippen molar-refractivity contribution in [1.82, 2.24) is 9.55 Å². The van der Waals surface area contributed by atoms with E-state index in [4.69, 9.17) is 16.6 Å². The molecule has 104 valence electrons. The number of fused-ring (bicyclic) bond motifs is 1. The van der Waals surface area contributed by atoms with E-state index in [0.29, 0.717) is 5.88 Å². The van der Waals surface area contributed by atoms with Crippen molar-refractivity contribution >= 4 is 22.6 Å². The molecule has 0 aliphatic heterocycles. The Morgan fingerprint density at radius 1 is 1.32 bits per heavy atom. The monoisotopic (exact) mass is 278 g/mol. The summed E-state index contributed by atoms with van der Waals surface area (Å²) in [5, 5.41) is 0. The number of hydrogen-bond donors (Lipinski definition) is 0. The quantitative estimate of drug-likeness (QED) is 0.733. The standard InChI is InChI=1S/C16H23ClN2/c1-5-16(3,4)11-19-14(9-10-17)18-13-8-6-7-12(2)15(13)19/h6-8H,5,9-11H2,1-4H3. The average molecular weight is 279 g/mol. The molecule has 19 heavy (non-hydrogen) atoms. The zero-order chi connectivity index (χ0) is 14.0. The van der Waals surface area contributed by atoms with Gasteiger partial charge in [-0.1, -0.05) is 32.9 Å². The maximum atomic E-state index is 5.93. The first kappa shape index (κ1) is 14.4. The molecule has 2 aromatic rings. The van der Waals surface area contributed by atoms with Crippen LogP contribution in [0.4, 0.5) is 0 Å². The van der Waals surface area contributed by atoms with Crippen molar-refractivity contribution in [1.29, 1.82) is 0 Å². The zero-order valence-electron chi connectivity index (χ0n) is 12.3. The first-order valence-corrected chi connectivity index (χ1v) is 7.52. The highest BCUT2D eigenvalue weighted by Gasteiger charge is 2.20. The molecule has 0 saturated carbocycles. The van der Waals surface area contributed by atoms with Crippen LogP contribution in [-0.2, 0) is 13.0 Å². The number of benzene rings is 1. The summed E-state index contributed by atoms with van der Waals surface area (Å²) in [5.41, 5.74) is 3.92. The van der Waals surface area contributed by atoms with Crippen LogP contribution in [0.3, 0.4) is 0 Å². The van der Waals surface area contributed by atoms with Gasteiger partial charge in [-0.25, -0.2) is 4.98 Å². The van der Waals surface area contributed by atoms with Crippen molar-refractivity contribution in [2.45, 2.75) is 47.1 Å². The Bertz CT molecular complexity index is 569. The van der Waals surface area contributed by atoms with E-state index in [2.05, 4.69) is 50.5 Å². The van der Waals surface area contributed by atoms with Crippen molar-refractivity contribution in [3.05, 3.63) is 29.6 Å². The lowest BCUT2D eigenvalue weighted by atomic mass is 9.90. The number of hydrogen-bond acceptors (Lipinski definition) is 1. The van der Waals surface area contributed by atoms with Gasteiger partial charge in [0.05, 0.1) is 11.0 Å². The Morgan fingerprint density at radius 3 is 2.68 bits per heavy atom. The first-order valence-electron chi connectivity index (χ1n) is 6.99. The van der Waals surface area contributed by atoms with E-state index in [9.17, 15) is 0 Å². The smallest absolute Gasteiger partial charge is 0.111 e. The second-order valence-corrected chi connectivity index (χ2v) is 6.39. The summed E-state index contributed by atoms with van der Waals surface area (Å²) < 4.78 is 2.37. The number of aromatic nitrogens is 2. The van der Waals surface area contributed by atoms with Gasteiger partial charge in [0.15, 0.2) is 0 Å². The molecular weight excluding hydrogens is 256 g/mol. The van der Waals surface area contributed by atoms with Gasteiger partial charge in [-0.3, -0.25) is 0 Å². The largest absolute Gasteiger partial charge is 0.327 e. The average Bonchev–Trinajstić information content (AvgIpc) is 2.69. The van der Waals surface area contributed by atoms with Gasteiger partial charge in [-0.2, -0.15) is 0 Å². The molecule has 1 heterocycles. The molecule has 0 aliphatic carbocycles. The van der Waals surface area contributed by atoms with Crippen molar-refractivity contribution in [3.8, 4) is 0 Å². The van der Waals surface area contributed by atoms with E-state index >= 15 is 0 Å². The summed E-state index contributed by atoms with van der Waals surface area (Å²) in [6.07, 6.45) is 1.98. The summed E-state index contributed by atoms with van der Waals surface area (Å²) in [6, 6.07) is 6.32. The third-order valence-electron chi connectivity index (χ3n) is 3.91. The number of rotatable bonds is 5. The summed E-state index contributed by atoms with van der Waals surface area (Å²) in [7, 11) is 0. The molecule has 1 aromatic heterocycles. The molecule has 2 rings (SSSR count). The van der Waals surface area contributed by atoms with Crippen molar-refractivity contribution in [3.63, 3.8) is 0 Å². The molecule has 0 bridgehead atoms. The number of halogens is 1. The Labute approximate surface area is 120 Å². The normalized spacial score (nSPS) is 12.3. The third kappa shape index (κ3) is 2.94. The second kappa shape index (κ2) is 5.54. The SMILES string of the molecule is CCC(C)(C)Cn1c(CCCl)nc2cccc(C)c21. The maximum Gasteiger partial charge on any atom is 0.111 e. The van der Waals surface area contributed by atoms with E-state index in [-0.39, 0.29) is 5.41 Å². The molecule has 1 aromatic carbocycles. The van der Waals surface area contributed by atoms with Crippen LogP contribution in [-0.4, -0.2) is 15.4 Å². The molecule has 0 atom stereocenters. The summed E-state index contributed by atoms with van der Waals surface area (Å²) in [6.45, 7) is 10.0. The van der Waals surface area contributed by atoms with Crippen LogP contribution in [0.1, 0.15) is 38.6 Å². The van der Waals surface area contributed by atoms with Gasteiger partial charge in [0.25, 0.3) is 0 Å². The molecule has 3 heteroatoms. The summed E-state index contributed by atoms with van der Waals surface area (Å²) >= 11 is 5.93. The fourth-order valence-electron chi connectivity index (χ4n) is 2.40. The minimum atomic E-state index is 0.275. The van der Waals surface area contributed by atoms with Crippen molar-refractivity contribution in [2.75, 3.05) is 5.88 Å². The fraction of sp³-hybridized carbons (Fsp3) is 0.562. The lowest BCUT2D eigenvalue weighted by molar-refractivity contribution is 0.294. The number of imidazole rings is 1. The second-order valence-electron chi connectivity index (χ2n) is 6.01. The fourth-order valence-corrected chi connectivity index (χ4v) is 2.57. The molecule has 0 fully saturated rings. The van der Waals surface area contributed by atoms with E-state index in [0.717, 1.165) is 30.7 Å². The molecule has 0 N–H and O–H groups in total. The van der Waals surface area contributed by atoms with Gasteiger partial charge < -0.3 is 4.57 Å². The zero-order valence-corrected chi connectivity index (χ0v) is 13.1. The van der Waals surface area contributed by atoms with E-state index in [1.54, 1.807) is 0 Å². The molecule has 0 unspecified atom stereocenters. The van der Waals surface area contributed by atoms with Crippen LogP contribution in [0.5, 0.6) is 0 Å².